The fourth-order valence-corrected chi connectivity index (χ4v) is 7.73. The number of thiophene rings is 1. The molecule has 2 aromatic heterocycles. The number of fused-ring (bicyclic) bond motifs is 7. The maximum absolute atomic E-state index is 8.76. The van der Waals surface area contributed by atoms with Crippen LogP contribution in [-0.2, 0) is 9.31 Å². The third-order valence-electron chi connectivity index (χ3n) is 9.60. The first kappa shape index (κ1) is 19.9. The van der Waals surface area contributed by atoms with Crippen LogP contribution in [0, 0.1) is 0 Å². The summed E-state index contributed by atoms with van der Waals surface area (Å²) in [7, 11) is -0.651. The number of aromatic nitrogens is 1. The molecule has 9 rings (SSSR count). The standard InChI is InChI=1S/C42H34BNO2S/c1-41(2)42(3,4)46-43(45-41)35-25-34-32-17-11-12-18-37(32)47-40(34)38-33-20-19-28(24-36(33)44-39(35)38)31-22-29(26-13-7-5-8-14-26)21-30(23-31)27-15-9-6-10-16-27/h5-25,44H,1-4H3/i5D,6D,7D,8D,9D,10D,13D,14D,15D,16D. The zero-order chi connectivity index (χ0) is 40.6. The van der Waals surface area contributed by atoms with E-state index in [-0.39, 0.29) is 22.3 Å². The lowest BCUT2D eigenvalue weighted by Crippen LogP contribution is -2.41. The van der Waals surface area contributed by atoms with E-state index in [0.717, 1.165) is 47.4 Å². The maximum Gasteiger partial charge on any atom is 0.497 e. The van der Waals surface area contributed by atoms with Crippen molar-refractivity contribution >= 4 is 65.9 Å². The van der Waals surface area contributed by atoms with E-state index in [1.54, 1.807) is 23.5 Å². The molecule has 0 saturated carbocycles. The van der Waals surface area contributed by atoms with Crippen LogP contribution in [0.25, 0.3) is 75.4 Å². The molecule has 0 aliphatic carbocycles. The summed E-state index contributed by atoms with van der Waals surface area (Å²) < 4.78 is 100. The van der Waals surface area contributed by atoms with Crippen LogP contribution >= 0.6 is 11.3 Å². The highest BCUT2D eigenvalue weighted by Gasteiger charge is 2.52. The molecule has 5 heteroatoms. The molecule has 1 N–H and O–H groups in total. The number of aromatic amines is 1. The SMILES string of the molecule is [2H]c1c([2H])c([2H])c(-c2cc(-c3ccc4c(c3)[nH]c3c(B5OC(C)(C)C(C)(C)O5)cc5c6ccccc6sc5c34)cc(-c3c([2H])c([2H])c([2H])c([2H])c3[2H])c2)c([2H])c1[2H]. The molecule has 0 atom stereocenters. The Morgan fingerprint density at radius 3 is 1.85 bits per heavy atom. The van der Waals surface area contributed by atoms with Crippen LogP contribution in [0.15, 0.2) is 127 Å². The lowest BCUT2D eigenvalue weighted by atomic mass is 9.77. The van der Waals surface area contributed by atoms with Crippen molar-refractivity contribution in [3.63, 3.8) is 0 Å². The Bertz CT molecular complexity index is 2900. The van der Waals surface area contributed by atoms with E-state index in [1.165, 1.54) is 6.07 Å². The van der Waals surface area contributed by atoms with Crippen LogP contribution in [0.1, 0.15) is 41.4 Å². The highest BCUT2D eigenvalue weighted by atomic mass is 32.1. The van der Waals surface area contributed by atoms with Crippen molar-refractivity contribution in [2.75, 3.05) is 0 Å². The molecule has 228 valence electrons. The number of benzene rings is 6. The van der Waals surface area contributed by atoms with E-state index in [2.05, 4.69) is 23.2 Å². The average Bonchev–Trinajstić information content (AvgIpc) is 3.81. The fourth-order valence-electron chi connectivity index (χ4n) is 6.48. The molecule has 1 fully saturated rings. The van der Waals surface area contributed by atoms with Crippen molar-refractivity contribution in [3.05, 3.63) is 127 Å². The highest BCUT2D eigenvalue weighted by Crippen LogP contribution is 2.44. The number of rotatable bonds is 4. The Hall–Kier alpha value is -4.68. The van der Waals surface area contributed by atoms with Gasteiger partial charge in [0.25, 0.3) is 0 Å². The van der Waals surface area contributed by atoms with E-state index < -0.39 is 78.7 Å². The lowest BCUT2D eigenvalue weighted by Gasteiger charge is -2.32. The summed E-state index contributed by atoms with van der Waals surface area (Å²) in [5, 5.41) is 4.20. The van der Waals surface area contributed by atoms with Gasteiger partial charge in [-0.3, -0.25) is 0 Å². The number of H-pyrrole nitrogens is 1. The Morgan fingerprint density at radius 2 is 1.21 bits per heavy atom. The minimum atomic E-state index is -0.651. The first-order valence-corrected chi connectivity index (χ1v) is 16.3. The quantitative estimate of drug-likeness (QED) is 0.195. The van der Waals surface area contributed by atoms with Gasteiger partial charge in [0.15, 0.2) is 0 Å². The van der Waals surface area contributed by atoms with Crippen molar-refractivity contribution < 1.29 is 23.0 Å². The van der Waals surface area contributed by atoms with Gasteiger partial charge in [-0.15, -0.1) is 11.3 Å². The van der Waals surface area contributed by atoms with Crippen LogP contribution in [0.4, 0.5) is 0 Å². The molecule has 0 amide bonds. The monoisotopic (exact) mass is 637 g/mol. The molecule has 3 nitrogen and oxygen atoms in total. The molecule has 6 aromatic carbocycles. The molecule has 8 aromatic rings. The van der Waals surface area contributed by atoms with Gasteiger partial charge in [-0.25, -0.2) is 0 Å². The molecule has 1 saturated heterocycles. The zero-order valence-corrected chi connectivity index (χ0v) is 27.0. The minimum Gasteiger partial charge on any atom is -0.399 e. The van der Waals surface area contributed by atoms with Crippen molar-refractivity contribution in [2.45, 2.75) is 38.9 Å². The molecule has 1 aliphatic rings. The maximum atomic E-state index is 8.76. The molecular weight excluding hydrogens is 593 g/mol. The van der Waals surface area contributed by atoms with E-state index in [9.17, 15) is 0 Å². The summed E-state index contributed by atoms with van der Waals surface area (Å²) in [6.07, 6.45) is 0. The second-order valence-corrected chi connectivity index (χ2v) is 14.0. The average molecular weight is 638 g/mol. The number of hydrogen-bond acceptors (Lipinski definition) is 3. The summed E-state index contributed by atoms with van der Waals surface area (Å²) in [6, 6.07) is 16.5. The fraction of sp³-hybridized carbons (Fsp3) is 0.143. The first-order valence-electron chi connectivity index (χ1n) is 20.5. The largest absolute Gasteiger partial charge is 0.497 e. The van der Waals surface area contributed by atoms with Gasteiger partial charge in [-0.05, 0) is 91.4 Å². The first-order chi connectivity index (χ1) is 26.9. The zero-order valence-electron chi connectivity index (χ0n) is 36.2. The normalized spacial score (nSPS) is 18.8. The van der Waals surface area contributed by atoms with E-state index in [4.69, 9.17) is 23.0 Å². The Morgan fingerprint density at radius 1 is 0.617 bits per heavy atom. The number of nitrogens with one attached hydrogen (secondary N) is 1. The molecule has 3 heterocycles. The number of hydrogen-bond donors (Lipinski definition) is 1. The van der Waals surface area contributed by atoms with Crippen molar-refractivity contribution in [1.82, 2.24) is 4.98 Å². The van der Waals surface area contributed by atoms with Crippen LogP contribution in [0.3, 0.4) is 0 Å². The lowest BCUT2D eigenvalue weighted by molar-refractivity contribution is 0.00578. The summed E-state index contributed by atoms with van der Waals surface area (Å²) in [5.74, 6) is 0. The summed E-state index contributed by atoms with van der Waals surface area (Å²) in [6.45, 7) is 8.10. The summed E-state index contributed by atoms with van der Waals surface area (Å²) in [5.41, 5.74) is 2.94. The third kappa shape index (κ3) is 4.56. The highest BCUT2D eigenvalue weighted by molar-refractivity contribution is 7.26. The second-order valence-electron chi connectivity index (χ2n) is 13.0. The van der Waals surface area contributed by atoms with Crippen LogP contribution in [-0.4, -0.2) is 23.3 Å². The van der Waals surface area contributed by atoms with Gasteiger partial charge >= 0.3 is 7.12 Å². The molecule has 0 unspecified atom stereocenters. The summed E-state index contributed by atoms with van der Waals surface area (Å²) >= 11 is 1.71. The third-order valence-corrected chi connectivity index (χ3v) is 10.8. The summed E-state index contributed by atoms with van der Waals surface area (Å²) in [4.78, 5) is 3.68. The van der Waals surface area contributed by atoms with E-state index in [1.807, 2.05) is 58.0 Å². The van der Waals surface area contributed by atoms with Gasteiger partial charge in [-0.2, -0.15) is 0 Å². The smallest absolute Gasteiger partial charge is 0.399 e. The van der Waals surface area contributed by atoms with Gasteiger partial charge in [0.05, 0.1) is 24.9 Å². The van der Waals surface area contributed by atoms with Gasteiger partial charge in [0.1, 0.15) is 0 Å². The Kier molecular flexibility index (Phi) is 4.40. The van der Waals surface area contributed by atoms with Crippen molar-refractivity contribution in [2.24, 2.45) is 0 Å². The molecule has 1 aliphatic heterocycles. The topological polar surface area (TPSA) is 34.2 Å². The predicted octanol–water partition coefficient (Wildman–Crippen LogP) is 11.0. The van der Waals surface area contributed by atoms with Gasteiger partial charge in [0, 0.05) is 47.4 Å². The van der Waals surface area contributed by atoms with E-state index >= 15 is 0 Å². The molecule has 47 heavy (non-hydrogen) atoms. The molecule has 0 radical (unpaired) electrons. The predicted molar refractivity (Wildman–Crippen MR) is 201 cm³/mol. The van der Waals surface area contributed by atoms with Gasteiger partial charge in [-0.1, -0.05) is 96.8 Å². The van der Waals surface area contributed by atoms with Crippen LogP contribution in [0.2, 0.25) is 0 Å². The Labute approximate surface area is 293 Å². The Balaban J connectivity index is 1.32. The minimum absolute atomic E-state index is 0.0673. The second kappa shape index (κ2) is 10.4. The van der Waals surface area contributed by atoms with Crippen molar-refractivity contribution in [1.29, 1.82) is 0 Å². The molecule has 0 bridgehead atoms. The van der Waals surface area contributed by atoms with Crippen LogP contribution in [0.5, 0.6) is 0 Å². The van der Waals surface area contributed by atoms with Gasteiger partial charge < -0.3 is 14.3 Å². The van der Waals surface area contributed by atoms with Crippen LogP contribution < -0.4 is 5.46 Å². The molecule has 0 spiro atoms. The van der Waals surface area contributed by atoms with Gasteiger partial charge in [0.2, 0.25) is 0 Å². The van der Waals surface area contributed by atoms with E-state index in [0.29, 0.717) is 11.1 Å². The molecular formula is C42H34BNO2S. The van der Waals surface area contributed by atoms with Crippen molar-refractivity contribution in [3.8, 4) is 33.4 Å².